The summed E-state index contributed by atoms with van der Waals surface area (Å²) in [4.78, 5) is 14.5. The van der Waals surface area contributed by atoms with Crippen molar-refractivity contribution in [2.75, 3.05) is 11.5 Å². The number of ether oxygens (including phenoxy) is 1. The quantitative estimate of drug-likeness (QED) is 0.225. The maximum atomic E-state index is 14.1. The first-order valence-electron chi connectivity index (χ1n) is 10.4. The molecule has 0 atom stereocenters. The van der Waals surface area contributed by atoms with E-state index in [1.807, 2.05) is 24.3 Å². The van der Waals surface area contributed by atoms with Crippen LogP contribution in [-0.2, 0) is 4.79 Å². The van der Waals surface area contributed by atoms with E-state index in [0.717, 1.165) is 17.7 Å². The summed E-state index contributed by atoms with van der Waals surface area (Å²) in [6.45, 7) is 2.93. The minimum Gasteiger partial charge on any atom is -0.494 e. The first kappa shape index (κ1) is 22.5. The monoisotopic (exact) mass is 443 g/mol. The maximum Gasteiger partial charge on any atom is 0.270 e. The summed E-state index contributed by atoms with van der Waals surface area (Å²) in [6.07, 6.45) is 9.16. The van der Waals surface area contributed by atoms with Gasteiger partial charge in [-0.05, 0) is 42.3 Å². The molecule has 158 valence electrons. The average molecular weight is 444 g/mol. The van der Waals surface area contributed by atoms with Gasteiger partial charge in [0.1, 0.15) is 11.6 Å². The molecule has 1 saturated heterocycles. The van der Waals surface area contributed by atoms with Gasteiger partial charge in [0.25, 0.3) is 5.91 Å². The number of amides is 1. The van der Waals surface area contributed by atoms with E-state index in [-0.39, 0.29) is 11.6 Å². The molecule has 30 heavy (non-hydrogen) atoms. The Morgan fingerprint density at radius 3 is 2.47 bits per heavy atom. The Morgan fingerprint density at radius 2 is 1.73 bits per heavy atom. The van der Waals surface area contributed by atoms with Crippen LogP contribution in [-0.4, -0.2) is 16.8 Å². The van der Waals surface area contributed by atoms with Gasteiger partial charge in [-0.1, -0.05) is 87.3 Å². The number of rotatable bonds is 10. The van der Waals surface area contributed by atoms with Crippen LogP contribution >= 0.6 is 24.0 Å². The molecule has 0 N–H and O–H groups in total. The molecule has 2 aromatic rings. The van der Waals surface area contributed by atoms with Gasteiger partial charge < -0.3 is 4.74 Å². The van der Waals surface area contributed by atoms with Gasteiger partial charge in [-0.15, -0.1) is 0 Å². The van der Waals surface area contributed by atoms with Crippen LogP contribution in [0.4, 0.5) is 10.1 Å². The highest BCUT2D eigenvalue weighted by Gasteiger charge is 2.34. The van der Waals surface area contributed by atoms with Crippen LogP contribution < -0.4 is 9.64 Å². The number of carbonyl (C=O) groups excluding carboxylic acids is 1. The van der Waals surface area contributed by atoms with E-state index < -0.39 is 5.82 Å². The van der Waals surface area contributed by atoms with Crippen molar-refractivity contribution in [1.82, 2.24) is 0 Å². The van der Waals surface area contributed by atoms with Gasteiger partial charge in [0, 0.05) is 0 Å². The first-order chi connectivity index (χ1) is 14.6. The molecule has 1 aliphatic rings. The molecular weight excluding hydrogens is 417 g/mol. The Kier molecular flexibility index (Phi) is 8.46. The summed E-state index contributed by atoms with van der Waals surface area (Å²) in [5, 5.41) is 0. The molecule has 6 heteroatoms. The van der Waals surface area contributed by atoms with Crippen LogP contribution in [0.25, 0.3) is 6.08 Å². The van der Waals surface area contributed by atoms with E-state index in [1.165, 1.54) is 54.8 Å². The van der Waals surface area contributed by atoms with Gasteiger partial charge in [-0.3, -0.25) is 9.69 Å². The Balaban J connectivity index is 1.56. The van der Waals surface area contributed by atoms with Gasteiger partial charge >= 0.3 is 0 Å². The second-order valence-electron chi connectivity index (χ2n) is 7.15. The molecule has 0 aromatic heterocycles. The number of carbonyl (C=O) groups is 1. The lowest BCUT2D eigenvalue weighted by molar-refractivity contribution is -0.113. The Labute approximate surface area is 187 Å². The smallest absolute Gasteiger partial charge is 0.270 e. The highest BCUT2D eigenvalue weighted by molar-refractivity contribution is 8.27. The largest absolute Gasteiger partial charge is 0.494 e. The van der Waals surface area contributed by atoms with Crippen LogP contribution in [0, 0.1) is 5.82 Å². The molecule has 0 spiro atoms. The summed E-state index contributed by atoms with van der Waals surface area (Å²) in [5.74, 6) is 0.0417. The second-order valence-corrected chi connectivity index (χ2v) is 8.83. The molecule has 3 rings (SSSR count). The number of thiocarbonyl (C=S) groups is 1. The van der Waals surface area contributed by atoms with Crippen molar-refractivity contribution >= 4 is 46.0 Å². The fourth-order valence-electron chi connectivity index (χ4n) is 3.19. The number of nitrogens with zero attached hydrogens (tertiary/aromatic N) is 1. The summed E-state index contributed by atoms with van der Waals surface area (Å²) in [7, 11) is 0. The zero-order valence-electron chi connectivity index (χ0n) is 17.1. The molecule has 2 aromatic carbocycles. The molecule has 0 unspecified atom stereocenters. The van der Waals surface area contributed by atoms with Crippen molar-refractivity contribution in [1.29, 1.82) is 0 Å². The van der Waals surface area contributed by atoms with Crippen LogP contribution in [0.3, 0.4) is 0 Å². The number of unbranched alkanes of at least 4 members (excludes halogenated alkanes) is 5. The Hall–Kier alpha value is -2.18. The summed E-state index contributed by atoms with van der Waals surface area (Å²) in [5.41, 5.74) is 1.05. The van der Waals surface area contributed by atoms with Gasteiger partial charge in [0.15, 0.2) is 4.32 Å². The van der Waals surface area contributed by atoms with Crippen molar-refractivity contribution in [3.63, 3.8) is 0 Å². The summed E-state index contributed by atoms with van der Waals surface area (Å²) in [6, 6.07) is 13.8. The van der Waals surface area contributed by atoms with E-state index in [0.29, 0.717) is 15.8 Å². The number of halogens is 1. The van der Waals surface area contributed by atoms with Crippen molar-refractivity contribution in [2.24, 2.45) is 0 Å². The number of hydrogen-bond acceptors (Lipinski definition) is 4. The third-order valence-corrected chi connectivity index (χ3v) is 6.13. The molecule has 1 heterocycles. The van der Waals surface area contributed by atoms with Crippen molar-refractivity contribution in [3.8, 4) is 5.75 Å². The van der Waals surface area contributed by atoms with E-state index in [9.17, 15) is 9.18 Å². The SMILES string of the molecule is CCCCCCCCOc1ccc(C=C2SC(=S)N(c3ccccc3F)C2=O)cc1. The third-order valence-electron chi connectivity index (χ3n) is 4.83. The van der Waals surface area contributed by atoms with Crippen molar-refractivity contribution in [3.05, 3.63) is 64.8 Å². The molecule has 0 saturated carbocycles. The summed E-state index contributed by atoms with van der Waals surface area (Å²) >= 11 is 6.49. The highest BCUT2D eigenvalue weighted by atomic mass is 32.2. The molecule has 1 aliphatic heterocycles. The van der Waals surface area contributed by atoms with E-state index in [2.05, 4.69) is 6.92 Å². The standard InChI is InChI=1S/C24H26FNO2S2/c1-2-3-4-5-6-9-16-28-19-14-12-18(13-15-19)17-22-23(27)26(24(29)30-22)21-11-8-7-10-20(21)25/h7-8,10-15,17H,2-6,9,16H2,1H3. The third kappa shape index (κ3) is 5.92. The van der Waals surface area contributed by atoms with E-state index in [4.69, 9.17) is 17.0 Å². The van der Waals surface area contributed by atoms with Crippen LogP contribution in [0.15, 0.2) is 53.4 Å². The Morgan fingerprint density at radius 1 is 1.03 bits per heavy atom. The fourth-order valence-corrected chi connectivity index (χ4v) is 4.48. The molecule has 1 amide bonds. The number of hydrogen-bond donors (Lipinski definition) is 0. The molecule has 0 radical (unpaired) electrons. The van der Waals surface area contributed by atoms with Crippen LogP contribution in [0.5, 0.6) is 5.75 Å². The molecule has 0 aliphatic carbocycles. The van der Waals surface area contributed by atoms with Gasteiger partial charge in [0.05, 0.1) is 17.2 Å². The lowest BCUT2D eigenvalue weighted by Crippen LogP contribution is -2.28. The zero-order valence-corrected chi connectivity index (χ0v) is 18.7. The minimum absolute atomic E-state index is 0.182. The van der Waals surface area contributed by atoms with E-state index in [1.54, 1.807) is 24.3 Å². The van der Waals surface area contributed by atoms with Gasteiger partial charge in [0.2, 0.25) is 0 Å². The van der Waals surface area contributed by atoms with Crippen LogP contribution in [0.1, 0.15) is 51.0 Å². The summed E-state index contributed by atoms with van der Waals surface area (Å²) < 4.78 is 20.2. The number of para-hydroxylation sites is 1. The first-order valence-corrected chi connectivity index (χ1v) is 11.6. The highest BCUT2D eigenvalue weighted by Crippen LogP contribution is 2.37. The van der Waals surface area contributed by atoms with Gasteiger partial charge in [-0.25, -0.2) is 4.39 Å². The van der Waals surface area contributed by atoms with Crippen LogP contribution in [0.2, 0.25) is 0 Å². The molecule has 1 fully saturated rings. The maximum absolute atomic E-state index is 14.1. The normalized spacial score (nSPS) is 15.3. The zero-order chi connectivity index (χ0) is 21.3. The lowest BCUT2D eigenvalue weighted by Gasteiger charge is -2.14. The average Bonchev–Trinajstić information content (AvgIpc) is 3.02. The lowest BCUT2D eigenvalue weighted by atomic mass is 10.1. The molecular formula is C24H26FNO2S2. The Bertz CT molecular complexity index is 912. The van der Waals surface area contributed by atoms with E-state index >= 15 is 0 Å². The number of anilines is 1. The second kappa shape index (κ2) is 11.3. The number of benzene rings is 2. The van der Waals surface area contributed by atoms with Crippen molar-refractivity contribution < 1.29 is 13.9 Å². The minimum atomic E-state index is -0.470. The van der Waals surface area contributed by atoms with Crippen molar-refractivity contribution in [2.45, 2.75) is 45.4 Å². The predicted octanol–water partition coefficient (Wildman–Crippen LogP) is 6.97. The topological polar surface area (TPSA) is 29.5 Å². The predicted molar refractivity (Wildman–Crippen MR) is 127 cm³/mol. The fraction of sp³-hybridized carbons (Fsp3) is 0.333. The number of thioether (sulfide) groups is 1. The molecule has 0 bridgehead atoms. The molecule has 3 nitrogen and oxygen atoms in total. The van der Waals surface area contributed by atoms with Gasteiger partial charge in [-0.2, -0.15) is 0 Å².